The van der Waals surface area contributed by atoms with Gasteiger partial charge >= 0.3 is 0 Å². The highest BCUT2D eigenvalue weighted by molar-refractivity contribution is 5.96. The summed E-state index contributed by atoms with van der Waals surface area (Å²) >= 11 is 0. The number of hydrogen-bond acceptors (Lipinski definition) is 5. The van der Waals surface area contributed by atoms with Crippen LogP contribution in [0.25, 0.3) is 22.2 Å². The molecule has 0 aliphatic heterocycles. The van der Waals surface area contributed by atoms with Crippen molar-refractivity contribution >= 4 is 16.8 Å². The summed E-state index contributed by atoms with van der Waals surface area (Å²) in [6.07, 6.45) is 4.29. The molecule has 0 saturated heterocycles. The number of nitrogens with one attached hydrogen (secondary N) is 1. The van der Waals surface area contributed by atoms with Crippen molar-refractivity contribution in [2.45, 2.75) is 13.3 Å². The van der Waals surface area contributed by atoms with Crippen LogP contribution in [0.3, 0.4) is 0 Å². The van der Waals surface area contributed by atoms with E-state index < -0.39 is 0 Å². The molecule has 0 aliphatic rings. The fourth-order valence-electron chi connectivity index (χ4n) is 3.50. The number of benzene rings is 2. The highest BCUT2D eigenvalue weighted by Crippen LogP contribution is 2.29. The summed E-state index contributed by atoms with van der Waals surface area (Å²) in [7, 11) is 1.90. The lowest BCUT2D eigenvalue weighted by atomic mass is 9.99. The maximum Gasteiger partial charge on any atom is 0.251 e. The van der Waals surface area contributed by atoms with E-state index in [4.69, 9.17) is 10.5 Å². The van der Waals surface area contributed by atoms with Gasteiger partial charge in [-0.3, -0.25) is 14.5 Å². The van der Waals surface area contributed by atoms with E-state index in [1.54, 1.807) is 6.20 Å². The molecule has 4 aromatic rings. The zero-order valence-corrected chi connectivity index (χ0v) is 17.6. The van der Waals surface area contributed by atoms with Crippen molar-refractivity contribution in [2.24, 2.45) is 12.8 Å². The van der Waals surface area contributed by atoms with E-state index in [2.05, 4.69) is 15.4 Å². The highest BCUT2D eigenvalue weighted by atomic mass is 16.5. The van der Waals surface area contributed by atoms with Gasteiger partial charge in [0.15, 0.2) is 0 Å². The number of pyridine rings is 1. The lowest BCUT2D eigenvalue weighted by Gasteiger charge is -2.12. The van der Waals surface area contributed by atoms with Crippen molar-refractivity contribution in [2.75, 3.05) is 13.1 Å². The molecule has 2 aromatic heterocycles. The number of rotatable bonds is 7. The molecule has 7 heteroatoms. The number of fused-ring (bicyclic) bond motifs is 1. The molecule has 0 fully saturated rings. The molecule has 7 nitrogen and oxygen atoms in total. The van der Waals surface area contributed by atoms with Crippen LogP contribution < -0.4 is 15.8 Å². The first kappa shape index (κ1) is 20.6. The summed E-state index contributed by atoms with van der Waals surface area (Å²) < 4.78 is 7.90. The van der Waals surface area contributed by atoms with Gasteiger partial charge in [0.2, 0.25) is 0 Å². The minimum Gasteiger partial charge on any atom is -0.457 e. The van der Waals surface area contributed by atoms with Crippen molar-refractivity contribution in [1.29, 1.82) is 0 Å². The summed E-state index contributed by atoms with van der Waals surface area (Å²) in [5.41, 5.74) is 9.82. The second kappa shape index (κ2) is 8.97. The number of aryl methyl sites for hydroxylation is 2. The summed E-state index contributed by atoms with van der Waals surface area (Å²) in [5, 5.41) is 8.16. The van der Waals surface area contributed by atoms with E-state index in [0.29, 0.717) is 24.4 Å². The Balaban J connectivity index is 1.59. The average molecular weight is 415 g/mol. The quantitative estimate of drug-likeness (QED) is 0.480. The van der Waals surface area contributed by atoms with Crippen LogP contribution in [0.1, 0.15) is 22.8 Å². The fourth-order valence-corrected chi connectivity index (χ4v) is 3.50. The Morgan fingerprint density at radius 3 is 2.77 bits per heavy atom. The van der Waals surface area contributed by atoms with E-state index >= 15 is 0 Å². The van der Waals surface area contributed by atoms with Gasteiger partial charge in [0.25, 0.3) is 5.91 Å². The van der Waals surface area contributed by atoms with E-state index in [1.165, 1.54) is 0 Å². The predicted octanol–water partition coefficient (Wildman–Crippen LogP) is 3.68. The Morgan fingerprint density at radius 2 is 1.97 bits per heavy atom. The van der Waals surface area contributed by atoms with Gasteiger partial charge in [-0.2, -0.15) is 5.10 Å². The topological polar surface area (TPSA) is 95.1 Å². The van der Waals surface area contributed by atoms with Gasteiger partial charge < -0.3 is 15.8 Å². The summed E-state index contributed by atoms with van der Waals surface area (Å²) in [5.74, 6) is 1.31. The number of hydrogen-bond donors (Lipinski definition) is 2. The summed E-state index contributed by atoms with van der Waals surface area (Å²) in [6.45, 7) is 2.89. The SMILES string of the molecule is CCc1cc(-c2cc(Oc3ccc4cnn(C)c4c3)ccn2)ccc1C(=O)NCCN. The van der Waals surface area contributed by atoms with Gasteiger partial charge in [-0.25, -0.2) is 0 Å². The molecular weight excluding hydrogens is 390 g/mol. The Hall–Kier alpha value is -3.71. The largest absolute Gasteiger partial charge is 0.457 e. The number of aromatic nitrogens is 3. The molecule has 0 unspecified atom stereocenters. The van der Waals surface area contributed by atoms with Crippen LogP contribution in [0.5, 0.6) is 11.5 Å². The normalized spacial score (nSPS) is 10.9. The average Bonchev–Trinajstić information content (AvgIpc) is 3.17. The lowest BCUT2D eigenvalue weighted by molar-refractivity contribution is 0.0954. The molecule has 1 amide bonds. The Morgan fingerprint density at radius 1 is 1.13 bits per heavy atom. The van der Waals surface area contributed by atoms with E-state index in [-0.39, 0.29) is 5.91 Å². The molecule has 158 valence electrons. The Labute approximate surface area is 180 Å². The molecule has 2 aromatic carbocycles. The standard InChI is InChI=1S/C24H25N5O2/c1-3-16-12-17(5-7-21(16)24(30)27-11-9-25)22-13-20(8-10-26-22)31-19-6-4-18-15-28-29(2)23(18)14-19/h4-8,10,12-15H,3,9,11,25H2,1-2H3,(H,27,30). The molecule has 0 radical (unpaired) electrons. The first-order valence-electron chi connectivity index (χ1n) is 10.3. The van der Waals surface area contributed by atoms with Crippen molar-refractivity contribution in [3.05, 3.63) is 72.1 Å². The molecule has 31 heavy (non-hydrogen) atoms. The van der Waals surface area contributed by atoms with Crippen LogP contribution in [-0.2, 0) is 13.5 Å². The number of amides is 1. The monoisotopic (exact) mass is 415 g/mol. The molecule has 2 heterocycles. The van der Waals surface area contributed by atoms with Gasteiger partial charge in [-0.05, 0) is 42.3 Å². The van der Waals surface area contributed by atoms with Crippen LogP contribution in [0, 0.1) is 0 Å². The van der Waals surface area contributed by atoms with Crippen LogP contribution >= 0.6 is 0 Å². The van der Waals surface area contributed by atoms with E-state index in [1.807, 2.05) is 73.4 Å². The molecule has 0 saturated carbocycles. The molecular formula is C24H25N5O2. The number of nitrogens with zero attached hydrogens (tertiary/aromatic N) is 3. The van der Waals surface area contributed by atoms with Crippen LogP contribution in [-0.4, -0.2) is 33.8 Å². The number of ether oxygens (including phenoxy) is 1. The lowest BCUT2D eigenvalue weighted by Crippen LogP contribution is -2.29. The molecule has 0 atom stereocenters. The van der Waals surface area contributed by atoms with Gasteiger partial charge in [0.05, 0.1) is 17.4 Å². The van der Waals surface area contributed by atoms with Crippen molar-refractivity contribution < 1.29 is 9.53 Å². The highest BCUT2D eigenvalue weighted by Gasteiger charge is 2.12. The first-order chi connectivity index (χ1) is 15.1. The van der Waals surface area contributed by atoms with E-state index in [0.717, 1.165) is 39.9 Å². The van der Waals surface area contributed by atoms with E-state index in [9.17, 15) is 4.79 Å². The van der Waals surface area contributed by atoms with Crippen molar-refractivity contribution in [1.82, 2.24) is 20.1 Å². The number of carbonyl (C=O) groups is 1. The number of carbonyl (C=O) groups excluding carboxylic acids is 1. The molecule has 3 N–H and O–H groups in total. The van der Waals surface area contributed by atoms with Gasteiger partial charge in [-0.15, -0.1) is 0 Å². The third kappa shape index (κ3) is 4.41. The molecule has 0 bridgehead atoms. The Kier molecular flexibility index (Phi) is 5.95. The third-order valence-corrected chi connectivity index (χ3v) is 5.14. The fraction of sp³-hybridized carbons (Fsp3) is 0.208. The second-order valence-corrected chi connectivity index (χ2v) is 7.24. The van der Waals surface area contributed by atoms with Gasteiger partial charge in [0.1, 0.15) is 11.5 Å². The predicted molar refractivity (Wildman–Crippen MR) is 121 cm³/mol. The van der Waals surface area contributed by atoms with Gasteiger partial charge in [0, 0.05) is 55.0 Å². The Bertz CT molecular complexity index is 1230. The zero-order chi connectivity index (χ0) is 21.8. The van der Waals surface area contributed by atoms with Crippen molar-refractivity contribution in [3.8, 4) is 22.8 Å². The number of nitrogens with two attached hydrogens (primary N) is 1. The maximum absolute atomic E-state index is 12.4. The molecule has 4 rings (SSSR count). The smallest absolute Gasteiger partial charge is 0.251 e. The van der Waals surface area contributed by atoms with Crippen LogP contribution in [0.4, 0.5) is 0 Å². The molecule has 0 spiro atoms. The third-order valence-electron chi connectivity index (χ3n) is 5.14. The van der Waals surface area contributed by atoms with Crippen LogP contribution in [0.2, 0.25) is 0 Å². The minimum absolute atomic E-state index is 0.107. The second-order valence-electron chi connectivity index (χ2n) is 7.24. The zero-order valence-electron chi connectivity index (χ0n) is 17.6. The first-order valence-corrected chi connectivity index (χ1v) is 10.3. The van der Waals surface area contributed by atoms with Crippen LogP contribution in [0.15, 0.2) is 60.9 Å². The molecule has 0 aliphatic carbocycles. The minimum atomic E-state index is -0.107. The van der Waals surface area contributed by atoms with Gasteiger partial charge in [-0.1, -0.05) is 13.0 Å². The summed E-state index contributed by atoms with van der Waals surface area (Å²) in [4.78, 5) is 16.9. The van der Waals surface area contributed by atoms with Crippen molar-refractivity contribution in [3.63, 3.8) is 0 Å². The summed E-state index contributed by atoms with van der Waals surface area (Å²) in [6, 6.07) is 15.4. The maximum atomic E-state index is 12.4.